The number of allylic oxidation sites excluding steroid dienone is 16. The van der Waals surface area contributed by atoms with Crippen LogP contribution in [0.5, 0.6) is 0 Å². The van der Waals surface area contributed by atoms with Crippen LogP contribution in [0.15, 0.2) is 97.2 Å². The maximum absolute atomic E-state index is 12.8. The Kier molecular flexibility index (Phi) is 53.9. The number of esters is 3. The first-order valence-electron chi connectivity index (χ1n) is 28.7. The Balaban J connectivity index is 4.41. The second-order valence-electron chi connectivity index (χ2n) is 18.8. The molecule has 0 amide bonds. The van der Waals surface area contributed by atoms with Gasteiger partial charge in [0, 0.05) is 19.3 Å². The molecule has 0 radical (unpaired) electrons. The highest BCUT2D eigenvalue weighted by Gasteiger charge is 2.19. The molecule has 0 spiro atoms. The molecule has 0 saturated heterocycles. The van der Waals surface area contributed by atoms with Crippen LogP contribution in [0.1, 0.15) is 265 Å². The third-order valence-corrected chi connectivity index (χ3v) is 12.0. The van der Waals surface area contributed by atoms with Crippen LogP contribution >= 0.6 is 0 Å². The van der Waals surface area contributed by atoms with Gasteiger partial charge in [0.25, 0.3) is 0 Å². The van der Waals surface area contributed by atoms with Gasteiger partial charge in [0.2, 0.25) is 0 Å². The largest absolute Gasteiger partial charge is 0.462 e. The smallest absolute Gasteiger partial charge is 0.306 e. The number of rotatable bonds is 51. The molecular weight excluding hydrogens is 853 g/mol. The van der Waals surface area contributed by atoms with E-state index in [-0.39, 0.29) is 31.1 Å². The van der Waals surface area contributed by atoms with Crippen molar-refractivity contribution in [3.05, 3.63) is 97.2 Å². The van der Waals surface area contributed by atoms with Crippen molar-refractivity contribution in [2.75, 3.05) is 13.2 Å². The van der Waals surface area contributed by atoms with Gasteiger partial charge in [0.05, 0.1) is 0 Å². The minimum Gasteiger partial charge on any atom is -0.462 e. The predicted octanol–water partition coefficient (Wildman–Crippen LogP) is 19.3. The highest BCUT2D eigenvalue weighted by molar-refractivity contribution is 5.71. The highest BCUT2D eigenvalue weighted by atomic mass is 16.6. The lowest BCUT2D eigenvalue weighted by Crippen LogP contribution is -2.30. The molecule has 0 aromatic rings. The molecule has 6 heteroatoms. The standard InChI is InChI=1S/C63H106O6/c1-4-7-10-13-16-19-22-25-27-29-30-31-32-34-35-38-41-44-47-50-53-56-62(65)68-59-60(58-67-61(64)55-52-49-46-43-40-37-24-21-18-15-12-9-6-3)69-63(66)57-54-51-48-45-42-39-36-33-28-26-23-20-17-14-11-8-5-2/h8,11-12,15,17,20-22,24-26,28-30,36,39,60H,4-7,9-10,13-14,16,18-19,23,27,31-35,37-38,40-59H2,1-3H3/b11-8-,15-12-,20-17-,24-21-,25-22-,28-26-,30-29-,39-36-. The number of ether oxygens (including phenoxy) is 3. The van der Waals surface area contributed by atoms with Crippen molar-refractivity contribution >= 4 is 17.9 Å². The Morgan fingerprint density at radius 1 is 0.304 bits per heavy atom. The number of hydrogen-bond acceptors (Lipinski definition) is 6. The van der Waals surface area contributed by atoms with Gasteiger partial charge in [-0.2, -0.15) is 0 Å². The molecule has 0 aliphatic carbocycles. The van der Waals surface area contributed by atoms with Crippen molar-refractivity contribution in [3.63, 3.8) is 0 Å². The summed E-state index contributed by atoms with van der Waals surface area (Å²) < 4.78 is 16.8. The van der Waals surface area contributed by atoms with Crippen molar-refractivity contribution in [2.24, 2.45) is 0 Å². The van der Waals surface area contributed by atoms with Crippen LogP contribution in [0, 0.1) is 0 Å². The van der Waals surface area contributed by atoms with E-state index in [9.17, 15) is 14.4 Å². The Bertz CT molecular complexity index is 1380. The molecule has 0 aliphatic rings. The van der Waals surface area contributed by atoms with Crippen LogP contribution in [0.25, 0.3) is 0 Å². The fraction of sp³-hybridized carbons (Fsp3) is 0.698. The quantitative estimate of drug-likeness (QED) is 0.0262. The monoisotopic (exact) mass is 959 g/mol. The van der Waals surface area contributed by atoms with Gasteiger partial charge in [-0.3, -0.25) is 14.4 Å². The van der Waals surface area contributed by atoms with Gasteiger partial charge in [-0.25, -0.2) is 0 Å². The van der Waals surface area contributed by atoms with E-state index in [0.29, 0.717) is 19.3 Å². The first kappa shape index (κ1) is 65.3. The number of carbonyl (C=O) groups is 3. The molecule has 0 aromatic heterocycles. The Morgan fingerprint density at radius 2 is 0.594 bits per heavy atom. The first-order chi connectivity index (χ1) is 34.0. The van der Waals surface area contributed by atoms with E-state index < -0.39 is 6.10 Å². The summed E-state index contributed by atoms with van der Waals surface area (Å²) in [4.78, 5) is 38.1. The second-order valence-corrected chi connectivity index (χ2v) is 18.8. The Morgan fingerprint density at radius 3 is 0.942 bits per heavy atom. The molecule has 0 fully saturated rings. The summed E-state index contributed by atoms with van der Waals surface area (Å²) in [5.74, 6) is -0.935. The number of carbonyl (C=O) groups excluding carboxylic acids is 3. The minimum atomic E-state index is -0.799. The molecule has 0 aromatic carbocycles. The molecular formula is C63H106O6. The number of unbranched alkanes of at least 4 members (excludes halogenated alkanes) is 24. The molecule has 0 N–H and O–H groups in total. The van der Waals surface area contributed by atoms with Crippen molar-refractivity contribution in [3.8, 4) is 0 Å². The summed E-state index contributed by atoms with van der Waals surface area (Å²) in [6.07, 6.45) is 75.4. The first-order valence-corrected chi connectivity index (χ1v) is 28.7. The Hall–Kier alpha value is -3.67. The third kappa shape index (κ3) is 55.1. The predicted molar refractivity (Wildman–Crippen MR) is 297 cm³/mol. The summed E-state index contributed by atoms with van der Waals surface area (Å²) in [6.45, 7) is 6.42. The summed E-state index contributed by atoms with van der Waals surface area (Å²) in [5.41, 5.74) is 0. The van der Waals surface area contributed by atoms with Gasteiger partial charge in [-0.15, -0.1) is 0 Å². The molecule has 69 heavy (non-hydrogen) atoms. The Labute approximate surface area is 426 Å². The molecule has 6 nitrogen and oxygen atoms in total. The molecule has 1 atom stereocenters. The topological polar surface area (TPSA) is 78.9 Å². The van der Waals surface area contributed by atoms with Gasteiger partial charge in [-0.1, -0.05) is 227 Å². The maximum atomic E-state index is 12.8. The number of hydrogen-bond donors (Lipinski definition) is 0. The van der Waals surface area contributed by atoms with E-state index in [1.165, 1.54) is 89.9 Å². The van der Waals surface area contributed by atoms with Gasteiger partial charge < -0.3 is 14.2 Å². The van der Waals surface area contributed by atoms with Crippen LogP contribution in [0.4, 0.5) is 0 Å². The SMILES string of the molecule is CC/C=C\C/C=C\C/C=C\C/C=C\CCCCCCC(=O)OC(COC(=O)CCCCCCC/C=C\C/C=C\CCC)COC(=O)CCCCCCCCCCC/C=C\C/C=C\CCCCCCC. The van der Waals surface area contributed by atoms with E-state index in [1.807, 2.05) is 0 Å². The molecule has 0 rings (SSSR count). The molecule has 0 aliphatic heterocycles. The van der Waals surface area contributed by atoms with Gasteiger partial charge in [0.1, 0.15) is 13.2 Å². The van der Waals surface area contributed by atoms with Gasteiger partial charge >= 0.3 is 17.9 Å². The fourth-order valence-electron chi connectivity index (χ4n) is 7.74. The van der Waals surface area contributed by atoms with Crippen molar-refractivity contribution in [1.29, 1.82) is 0 Å². The van der Waals surface area contributed by atoms with Gasteiger partial charge in [-0.05, 0) is 116 Å². The zero-order chi connectivity index (χ0) is 50.0. The summed E-state index contributed by atoms with van der Waals surface area (Å²) in [6, 6.07) is 0. The lowest BCUT2D eigenvalue weighted by Gasteiger charge is -2.18. The van der Waals surface area contributed by atoms with E-state index in [0.717, 1.165) is 135 Å². The van der Waals surface area contributed by atoms with E-state index in [1.54, 1.807) is 0 Å². The fourth-order valence-corrected chi connectivity index (χ4v) is 7.74. The van der Waals surface area contributed by atoms with E-state index in [4.69, 9.17) is 14.2 Å². The van der Waals surface area contributed by atoms with Crippen LogP contribution in [0.2, 0.25) is 0 Å². The summed E-state index contributed by atoms with van der Waals surface area (Å²) in [5, 5.41) is 0. The minimum absolute atomic E-state index is 0.0950. The molecule has 0 saturated carbocycles. The molecule has 394 valence electrons. The summed E-state index contributed by atoms with van der Waals surface area (Å²) >= 11 is 0. The average Bonchev–Trinajstić information content (AvgIpc) is 3.35. The van der Waals surface area contributed by atoms with E-state index in [2.05, 4.69) is 118 Å². The van der Waals surface area contributed by atoms with Crippen molar-refractivity contribution in [2.45, 2.75) is 271 Å². The third-order valence-electron chi connectivity index (χ3n) is 12.0. The lowest BCUT2D eigenvalue weighted by molar-refractivity contribution is -0.167. The van der Waals surface area contributed by atoms with Crippen LogP contribution in [-0.4, -0.2) is 37.2 Å². The highest BCUT2D eigenvalue weighted by Crippen LogP contribution is 2.14. The van der Waals surface area contributed by atoms with Crippen LogP contribution < -0.4 is 0 Å². The zero-order valence-corrected chi connectivity index (χ0v) is 45.0. The van der Waals surface area contributed by atoms with Gasteiger partial charge in [0.15, 0.2) is 6.10 Å². The zero-order valence-electron chi connectivity index (χ0n) is 45.0. The molecule has 0 heterocycles. The lowest BCUT2D eigenvalue weighted by atomic mass is 10.1. The molecule has 1 unspecified atom stereocenters. The van der Waals surface area contributed by atoms with E-state index >= 15 is 0 Å². The average molecular weight is 960 g/mol. The van der Waals surface area contributed by atoms with Crippen LogP contribution in [0.3, 0.4) is 0 Å². The maximum Gasteiger partial charge on any atom is 0.306 e. The molecule has 0 bridgehead atoms. The second kappa shape index (κ2) is 56.9. The summed E-state index contributed by atoms with van der Waals surface area (Å²) in [7, 11) is 0. The van der Waals surface area contributed by atoms with Crippen molar-refractivity contribution in [1.82, 2.24) is 0 Å². The van der Waals surface area contributed by atoms with Crippen LogP contribution in [-0.2, 0) is 28.6 Å². The van der Waals surface area contributed by atoms with Crippen molar-refractivity contribution < 1.29 is 28.6 Å². The normalized spacial score (nSPS) is 12.8.